The number of fused-ring (bicyclic) bond motifs is 2. The van der Waals surface area contributed by atoms with Crippen molar-refractivity contribution in [3.63, 3.8) is 0 Å². The van der Waals surface area contributed by atoms with Gasteiger partial charge in [0.1, 0.15) is 16.2 Å². The lowest BCUT2D eigenvalue weighted by Gasteiger charge is -2.08. The normalized spacial score (nSPS) is 11.0. The fraction of sp³-hybridized carbons (Fsp3) is 0.0476. The molecule has 0 aliphatic carbocycles. The van der Waals surface area contributed by atoms with Crippen molar-refractivity contribution >= 4 is 62.4 Å². The molecule has 4 rings (SSSR count). The summed E-state index contributed by atoms with van der Waals surface area (Å²) in [5.41, 5.74) is 1.25. The lowest BCUT2D eigenvalue weighted by Crippen LogP contribution is -2.12. The minimum absolute atomic E-state index is 0.0636. The van der Waals surface area contributed by atoms with Crippen molar-refractivity contribution in [3.8, 4) is 0 Å². The summed E-state index contributed by atoms with van der Waals surface area (Å²) >= 11 is 11.9. The van der Waals surface area contributed by atoms with E-state index < -0.39 is 10.8 Å². The van der Waals surface area contributed by atoms with Crippen molar-refractivity contribution in [2.45, 2.75) is 6.92 Å². The first-order chi connectivity index (χ1) is 14.2. The summed E-state index contributed by atoms with van der Waals surface area (Å²) in [4.78, 5) is 35.6. The highest BCUT2D eigenvalue weighted by Crippen LogP contribution is 2.28. The molecule has 0 aliphatic heterocycles. The van der Waals surface area contributed by atoms with Crippen LogP contribution in [0.15, 0.2) is 57.7 Å². The Morgan fingerprint density at radius 1 is 1.00 bits per heavy atom. The molecule has 0 spiro atoms. The molecule has 1 N–H and O–H groups in total. The molecular formula is C21H12Cl2N2O5. The quantitative estimate of drug-likeness (QED) is 0.248. The number of carbonyl (C=O) groups excluding carboxylic acids is 1. The SMILES string of the molecule is Cc1cc2oc3cc(NC(=O)c4ccc(Cl)c([N+](=O)[O-])c4)ccc3c(=O)c2cc1Cl. The van der Waals surface area contributed by atoms with Crippen LogP contribution in [0.5, 0.6) is 0 Å². The third-order valence-electron chi connectivity index (χ3n) is 4.61. The Hall–Kier alpha value is -3.42. The largest absolute Gasteiger partial charge is 0.456 e. The van der Waals surface area contributed by atoms with E-state index in [-0.39, 0.29) is 27.3 Å². The maximum absolute atomic E-state index is 12.8. The van der Waals surface area contributed by atoms with Gasteiger partial charge >= 0.3 is 0 Å². The summed E-state index contributed by atoms with van der Waals surface area (Å²) < 4.78 is 5.84. The average Bonchev–Trinajstić information content (AvgIpc) is 2.69. The highest BCUT2D eigenvalue weighted by atomic mass is 35.5. The number of hydrogen-bond acceptors (Lipinski definition) is 5. The van der Waals surface area contributed by atoms with Crippen molar-refractivity contribution in [1.82, 2.24) is 0 Å². The first kappa shape index (κ1) is 19.9. The van der Waals surface area contributed by atoms with E-state index >= 15 is 0 Å². The minimum Gasteiger partial charge on any atom is -0.456 e. The minimum atomic E-state index is -0.664. The predicted molar refractivity (Wildman–Crippen MR) is 116 cm³/mol. The summed E-state index contributed by atoms with van der Waals surface area (Å²) in [5, 5.41) is 14.8. The topological polar surface area (TPSA) is 102 Å². The molecule has 7 nitrogen and oxygen atoms in total. The van der Waals surface area contributed by atoms with Crippen molar-refractivity contribution in [2.75, 3.05) is 5.32 Å². The number of nitrogens with one attached hydrogen (secondary N) is 1. The number of aryl methyl sites for hydroxylation is 1. The maximum Gasteiger partial charge on any atom is 0.288 e. The average molecular weight is 443 g/mol. The molecule has 0 unspecified atom stereocenters. The molecule has 0 bridgehead atoms. The van der Waals surface area contributed by atoms with Gasteiger partial charge in [-0.15, -0.1) is 0 Å². The Bertz CT molecular complexity index is 1430. The number of hydrogen-bond donors (Lipinski definition) is 1. The zero-order chi connectivity index (χ0) is 21.6. The standard InChI is InChI=1S/C21H12Cl2N2O5/c1-10-6-18-14(9-16(10)23)20(26)13-4-3-12(8-19(13)30-18)24-21(27)11-2-5-15(22)17(7-11)25(28)29/h2-9H,1H3,(H,24,27). The van der Waals surface area contributed by atoms with Gasteiger partial charge in [0.05, 0.1) is 15.7 Å². The van der Waals surface area contributed by atoms with E-state index in [1.807, 2.05) is 0 Å². The molecular weight excluding hydrogens is 431 g/mol. The van der Waals surface area contributed by atoms with Gasteiger partial charge in [-0.25, -0.2) is 0 Å². The molecule has 30 heavy (non-hydrogen) atoms. The molecule has 4 aromatic rings. The van der Waals surface area contributed by atoms with Crippen LogP contribution in [0.4, 0.5) is 11.4 Å². The van der Waals surface area contributed by atoms with Crippen LogP contribution < -0.4 is 10.7 Å². The van der Waals surface area contributed by atoms with E-state index in [1.165, 1.54) is 24.3 Å². The molecule has 9 heteroatoms. The molecule has 0 atom stereocenters. The van der Waals surface area contributed by atoms with E-state index in [2.05, 4.69) is 5.32 Å². The van der Waals surface area contributed by atoms with E-state index in [0.717, 1.165) is 11.6 Å². The first-order valence-corrected chi connectivity index (χ1v) is 9.42. The van der Waals surface area contributed by atoms with Crippen LogP contribution in [-0.2, 0) is 0 Å². The number of benzene rings is 3. The lowest BCUT2D eigenvalue weighted by molar-refractivity contribution is -0.384. The smallest absolute Gasteiger partial charge is 0.288 e. The van der Waals surface area contributed by atoms with Crippen LogP contribution in [0, 0.1) is 17.0 Å². The molecule has 0 radical (unpaired) electrons. The van der Waals surface area contributed by atoms with Crippen LogP contribution >= 0.6 is 23.2 Å². The second-order valence-corrected chi connectivity index (χ2v) is 7.43. The Morgan fingerprint density at radius 2 is 1.73 bits per heavy atom. The van der Waals surface area contributed by atoms with Crippen LogP contribution in [-0.4, -0.2) is 10.8 Å². The molecule has 1 aromatic heterocycles. The molecule has 150 valence electrons. The summed E-state index contributed by atoms with van der Waals surface area (Å²) in [6, 6.07) is 11.6. The summed E-state index contributed by atoms with van der Waals surface area (Å²) in [6.45, 7) is 1.80. The van der Waals surface area contributed by atoms with Crippen molar-refractivity contribution < 1.29 is 14.1 Å². The Labute approximate surface area is 179 Å². The number of anilines is 1. The highest BCUT2D eigenvalue weighted by molar-refractivity contribution is 6.33. The molecule has 0 fully saturated rings. The number of halogens is 2. The fourth-order valence-corrected chi connectivity index (χ4v) is 3.40. The fourth-order valence-electron chi connectivity index (χ4n) is 3.05. The van der Waals surface area contributed by atoms with Crippen LogP contribution in [0.1, 0.15) is 15.9 Å². The van der Waals surface area contributed by atoms with Gasteiger partial charge in [-0.3, -0.25) is 19.7 Å². The second-order valence-electron chi connectivity index (χ2n) is 6.62. The monoisotopic (exact) mass is 442 g/mol. The molecule has 3 aromatic carbocycles. The summed E-state index contributed by atoms with van der Waals surface area (Å²) in [6.07, 6.45) is 0. The highest BCUT2D eigenvalue weighted by Gasteiger charge is 2.17. The number of carbonyl (C=O) groups is 1. The first-order valence-electron chi connectivity index (χ1n) is 8.66. The van der Waals surface area contributed by atoms with Gasteiger partial charge in [0, 0.05) is 28.4 Å². The van der Waals surface area contributed by atoms with Gasteiger partial charge in [-0.1, -0.05) is 23.2 Å². The van der Waals surface area contributed by atoms with E-state index in [1.54, 1.807) is 25.1 Å². The Morgan fingerprint density at radius 3 is 2.47 bits per heavy atom. The van der Waals surface area contributed by atoms with Gasteiger partial charge in [0.25, 0.3) is 11.6 Å². The molecule has 1 amide bonds. The molecule has 0 saturated heterocycles. The molecule has 0 aliphatic rings. The van der Waals surface area contributed by atoms with E-state index in [0.29, 0.717) is 27.1 Å². The number of nitrogens with zero attached hydrogens (tertiary/aromatic N) is 1. The Balaban J connectivity index is 1.73. The van der Waals surface area contributed by atoms with Gasteiger partial charge in [0.15, 0.2) is 0 Å². The zero-order valence-corrected chi connectivity index (χ0v) is 16.9. The van der Waals surface area contributed by atoms with Crippen molar-refractivity contribution in [2.24, 2.45) is 0 Å². The third kappa shape index (κ3) is 3.49. The summed E-state index contributed by atoms with van der Waals surface area (Å²) in [5.74, 6) is -0.570. The zero-order valence-electron chi connectivity index (χ0n) is 15.4. The molecule has 1 heterocycles. The second kappa shape index (κ2) is 7.44. The van der Waals surface area contributed by atoms with E-state index in [4.69, 9.17) is 27.6 Å². The number of rotatable bonds is 3. The number of nitro groups is 1. The third-order valence-corrected chi connectivity index (χ3v) is 5.34. The van der Waals surface area contributed by atoms with Crippen LogP contribution in [0.25, 0.3) is 21.9 Å². The summed E-state index contributed by atoms with van der Waals surface area (Å²) in [7, 11) is 0. The van der Waals surface area contributed by atoms with E-state index in [9.17, 15) is 19.7 Å². The van der Waals surface area contributed by atoms with Crippen molar-refractivity contribution in [3.05, 3.63) is 90.0 Å². The van der Waals surface area contributed by atoms with Gasteiger partial charge in [-0.05, 0) is 48.9 Å². The van der Waals surface area contributed by atoms with Crippen LogP contribution in [0.3, 0.4) is 0 Å². The lowest BCUT2D eigenvalue weighted by atomic mass is 10.1. The van der Waals surface area contributed by atoms with Gasteiger partial charge in [-0.2, -0.15) is 0 Å². The number of amides is 1. The molecule has 0 saturated carbocycles. The van der Waals surface area contributed by atoms with Gasteiger partial charge in [0.2, 0.25) is 5.43 Å². The van der Waals surface area contributed by atoms with Crippen LogP contribution in [0.2, 0.25) is 10.0 Å². The van der Waals surface area contributed by atoms with Gasteiger partial charge < -0.3 is 9.73 Å². The maximum atomic E-state index is 12.8. The Kier molecular flexibility index (Phi) is 4.93. The number of nitro benzene ring substituents is 1. The van der Waals surface area contributed by atoms with Crippen molar-refractivity contribution in [1.29, 1.82) is 0 Å². The predicted octanol–water partition coefficient (Wildman–Crippen LogP) is 5.72.